The number of hydrogen-bond acceptors (Lipinski definition) is 6. The number of aromatic amines is 1. The molecule has 1 aliphatic rings. The Kier molecular flexibility index (Phi) is 5.20. The molecular formula is C22H23N5OS2. The van der Waals surface area contributed by atoms with Crippen molar-refractivity contribution in [2.24, 2.45) is 13.0 Å². The van der Waals surface area contributed by atoms with Crippen LogP contribution in [-0.2, 0) is 25.6 Å². The topological polar surface area (TPSA) is 76.5 Å². The number of thioether (sulfide) groups is 1. The molecule has 1 aliphatic carbocycles. The number of benzene rings is 1. The van der Waals surface area contributed by atoms with Gasteiger partial charge in [0.15, 0.2) is 11.0 Å². The van der Waals surface area contributed by atoms with Crippen molar-refractivity contribution in [2.75, 3.05) is 0 Å². The second kappa shape index (κ2) is 8.00. The highest BCUT2D eigenvalue weighted by molar-refractivity contribution is 7.98. The number of aryl methyl sites for hydroxylation is 1. The molecule has 0 aliphatic heterocycles. The Morgan fingerprint density at radius 3 is 3.03 bits per heavy atom. The molecule has 154 valence electrons. The van der Waals surface area contributed by atoms with E-state index in [4.69, 9.17) is 0 Å². The average molecular weight is 438 g/mol. The quantitative estimate of drug-likeness (QED) is 0.462. The van der Waals surface area contributed by atoms with E-state index >= 15 is 0 Å². The summed E-state index contributed by atoms with van der Waals surface area (Å²) in [6.07, 6.45) is 4.91. The van der Waals surface area contributed by atoms with Gasteiger partial charge in [-0.05, 0) is 48.9 Å². The minimum Gasteiger partial charge on any atom is -0.309 e. The van der Waals surface area contributed by atoms with Gasteiger partial charge in [0, 0.05) is 11.9 Å². The normalized spacial score (nSPS) is 16.1. The minimum absolute atomic E-state index is 0.107. The third-order valence-corrected chi connectivity index (χ3v) is 8.08. The number of aromatic nitrogens is 5. The summed E-state index contributed by atoms with van der Waals surface area (Å²) in [4.78, 5) is 22.4. The van der Waals surface area contributed by atoms with Crippen LogP contribution in [0.1, 0.15) is 36.0 Å². The molecule has 1 aromatic carbocycles. The van der Waals surface area contributed by atoms with E-state index in [-0.39, 0.29) is 5.56 Å². The summed E-state index contributed by atoms with van der Waals surface area (Å²) in [6.45, 7) is 2.28. The van der Waals surface area contributed by atoms with E-state index in [1.165, 1.54) is 52.8 Å². The zero-order valence-corrected chi connectivity index (χ0v) is 18.6. The Morgan fingerprint density at radius 2 is 2.17 bits per heavy atom. The van der Waals surface area contributed by atoms with E-state index in [0.29, 0.717) is 22.5 Å². The van der Waals surface area contributed by atoms with Crippen LogP contribution in [0.4, 0.5) is 0 Å². The molecule has 30 heavy (non-hydrogen) atoms. The SMILES string of the molecule is CCC1CCc2sc(-c3nnc(SCc4nc5ccccc5c(=O)[nH]4)n3C)cc2C1. The molecule has 6 nitrogen and oxygen atoms in total. The van der Waals surface area contributed by atoms with Crippen LogP contribution in [0.2, 0.25) is 0 Å². The van der Waals surface area contributed by atoms with Crippen molar-refractivity contribution in [3.63, 3.8) is 0 Å². The number of nitrogens with zero attached hydrogens (tertiary/aromatic N) is 4. The number of nitrogens with one attached hydrogen (secondary N) is 1. The standard InChI is InChI=1S/C22H23N5OS2/c1-3-13-8-9-17-14(10-13)11-18(30-17)20-25-26-22(27(20)2)29-12-19-23-16-7-5-4-6-15(16)21(28)24-19/h4-7,11,13H,3,8-10,12H2,1-2H3,(H,23,24,28). The van der Waals surface area contributed by atoms with Gasteiger partial charge in [0.25, 0.3) is 5.56 Å². The van der Waals surface area contributed by atoms with Gasteiger partial charge < -0.3 is 9.55 Å². The fourth-order valence-corrected chi connectivity index (χ4v) is 6.06. The van der Waals surface area contributed by atoms with Crippen LogP contribution in [0.5, 0.6) is 0 Å². The van der Waals surface area contributed by atoms with Gasteiger partial charge in [-0.25, -0.2) is 4.98 Å². The zero-order valence-electron chi connectivity index (χ0n) is 17.0. The van der Waals surface area contributed by atoms with Crippen LogP contribution in [0.3, 0.4) is 0 Å². The third kappa shape index (κ3) is 3.58. The largest absolute Gasteiger partial charge is 0.309 e. The van der Waals surface area contributed by atoms with Crippen molar-refractivity contribution in [2.45, 2.75) is 43.5 Å². The van der Waals surface area contributed by atoms with Crippen molar-refractivity contribution in [1.82, 2.24) is 24.7 Å². The van der Waals surface area contributed by atoms with Crippen LogP contribution in [0, 0.1) is 5.92 Å². The lowest BCUT2D eigenvalue weighted by atomic mass is 9.87. The van der Waals surface area contributed by atoms with Crippen molar-refractivity contribution < 1.29 is 0 Å². The van der Waals surface area contributed by atoms with E-state index in [1.54, 1.807) is 6.07 Å². The molecule has 1 atom stereocenters. The highest BCUT2D eigenvalue weighted by Crippen LogP contribution is 2.38. The Labute approximate surface area is 182 Å². The average Bonchev–Trinajstić information content (AvgIpc) is 3.34. The predicted molar refractivity (Wildman–Crippen MR) is 122 cm³/mol. The van der Waals surface area contributed by atoms with Gasteiger partial charge in [-0.3, -0.25) is 4.79 Å². The maximum atomic E-state index is 12.3. The number of rotatable bonds is 5. The molecule has 5 rings (SSSR count). The minimum atomic E-state index is -0.107. The van der Waals surface area contributed by atoms with E-state index in [2.05, 4.69) is 33.2 Å². The molecule has 3 aromatic heterocycles. The number of thiophene rings is 1. The molecule has 0 radical (unpaired) electrons. The second-order valence-electron chi connectivity index (χ2n) is 7.76. The number of hydrogen-bond donors (Lipinski definition) is 1. The number of H-pyrrole nitrogens is 1. The Balaban J connectivity index is 1.36. The monoisotopic (exact) mass is 437 g/mol. The molecule has 3 heterocycles. The molecule has 0 saturated heterocycles. The summed E-state index contributed by atoms with van der Waals surface area (Å²) in [5.74, 6) is 2.89. The fourth-order valence-electron chi connectivity index (χ4n) is 4.05. The third-order valence-electron chi connectivity index (χ3n) is 5.82. The van der Waals surface area contributed by atoms with Crippen LogP contribution in [0.15, 0.2) is 40.3 Å². The van der Waals surface area contributed by atoms with Crippen molar-refractivity contribution in [1.29, 1.82) is 0 Å². The highest BCUT2D eigenvalue weighted by Gasteiger charge is 2.22. The summed E-state index contributed by atoms with van der Waals surface area (Å²) >= 11 is 3.39. The first-order valence-electron chi connectivity index (χ1n) is 10.2. The molecular weight excluding hydrogens is 414 g/mol. The number of fused-ring (bicyclic) bond motifs is 2. The van der Waals surface area contributed by atoms with E-state index in [0.717, 1.165) is 16.9 Å². The van der Waals surface area contributed by atoms with E-state index < -0.39 is 0 Å². The van der Waals surface area contributed by atoms with Gasteiger partial charge in [0.2, 0.25) is 0 Å². The second-order valence-corrected chi connectivity index (χ2v) is 9.84. The lowest BCUT2D eigenvalue weighted by Crippen LogP contribution is -2.11. The lowest BCUT2D eigenvalue weighted by molar-refractivity contribution is 0.449. The summed E-state index contributed by atoms with van der Waals surface area (Å²) in [5.41, 5.74) is 2.10. The van der Waals surface area contributed by atoms with Crippen LogP contribution in [0.25, 0.3) is 21.6 Å². The Morgan fingerprint density at radius 1 is 1.30 bits per heavy atom. The Bertz CT molecular complexity index is 1270. The first kappa shape index (κ1) is 19.5. The smallest absolute Gasteiger partial charge is 0.258 e. The molecule has 0 bridgehead atoms. The summed E-state index contributed by atoms with van der Waals surface area (Å²) in [5, 5.41) is 10.3. The fraction of sp³-hybridized carbons (Fsp3) is 0.364. The molecule has 1 unspecified atom stereocenters. The van der Waals surface area contributed by atoms with E-state index in [9.17, 15) is 4.79 Å². The molecule has 1 N–H and O–H groups in total. The molecule has 0 saturated carbocycles. The number of para-hydroxylation sites is 1. The molecule has 8 heteroatoms. The zero-order chi connectivity index (χ0) is 20.7. The maximum absolute atomic E-state index is 12.3. The van der Waals surface area contributed by atoms with Gasteiger partial charge in [-0.2, -0.15) is 0 Å². The van der Waals surface area contributed by atoms with Crippen molar-refractivity contribution in [3.8, 4) is 10.7 Å². The van der Waals surface area contributed by atoms with Gasteiger partial charge in [-0.1, -0.05) is 37.2 Å². The van der Waals surface area contributed by atoms with Gasteiger partial charge in [-0.15, -0.1) is 21.5 Å². The first-order valence-corrected chi connectivity index (χ1v) is 12.0. The highest BCUT2D eigenvalue weighted by atomic mass is 32.2. The van der Waals surface area contributed by atoms with Crippen molar-refractivity contribution >= 4 is 34.0 Å². The molecule has 0 fully saturated rings. The summed E-state index contributed by atoms with van der Waals surface area (Å²) in [6, 6.07) is 9.70. The van der Waals surface area contributed by atoms with E-state index in [1.807, 2.05) is 41.2 Å². The van der Waals surface area contributed by atoms with Crippen LogP contribution in [-0.4, -0.2) is 24.7 Å². The Hall–Kier alpha value is -2.45. The lowest BCUT2D eigenvalue weighted by Gasteiger charge is -2.19. The van der Waals surface area contributed by atoms with Crippen LogP contribution < -0.4 is 5.56 Å². The predicted octanol–water partition coefficient (Wildman–Crippen LogP) is 4.59. The summed E-state index contributed by atoms with van der Waals surface area (Å²) in [7, 11) is 2.00. The van der Waals surface area contributed by atoms with Gasteiger partial charge in [0.05, 0.1) is 21.5 Å². The summed E-state index contributed by atoms with van der Waals surface area (Å²) < 4.78 is 2.04. The van der Waals surface area contributed by atoms with Crippen LogP contribution >= 0.6 is 23.1 Å². The first-order chi connectivity index (χ1) is 14.6. The molecule has 0 spiro atoms. The van der Waals surface area contributed by atoms with Gasteiger partial charge >= 0.3 is 0 Å². The van der Waals surface area contributed by atoms with Gasteiger partial charge in [0.1, 0.15) is 5.82 Å². The molecule has 0 amide bonds. The molecule has 4 aromatic rings. The maximum Gasteiger partial charge on any atom is 0.258 e. The van der Waals surface area contributed by atoms with Crippen molar-refractivity contribution in [3.05, 3.63) is 57.0 Å².